The quantitative estimate of drug-likeness (QED) is 0.513. The molecule has 0 radical (unpaired) electrons. The summed E-state index contributed by atoms with van der Waals surface area (Å²) in [7, 11) is 0. The summed E-state index contributed by atoms with van der Waals surface area (Å²) in [5, 5.41) is 3.77. The lowest BCUT2D eigenvalue weighted by molar-refractivity contribution is -0.158. The van der Waals surface area contributed by atoms with Gasteiger partial charge in [0.15, 0.2) is 5.60 Å². The maximum absolute atomic E-state index is 12.7. The fourth-order valence-corrected chi connectivity index (χ4v) is 3.88. The van der Waals surface area contributed by atoms with Gasteiger partial charge in [-0.1, -0.05) is 42.5 Å². The number of ether oxygens (including phenoxy) is 2. The van der Waals surface area contributed by atoms with Crippen molar-refractivity contribution in [2.24, 2.45) is 0 Å². The molecule has 31 heavy (non-hydrogen) atoms. The molecule has 0 saturated heterocycles. The molecule has 0 fully saturated rings. The van der Waals surface area contributed by atoms with E-state index in [0.717, 1.165) is 16.1 Å². The third kappa shape index (κ3) is 5.70. The van der Waals surface area contributed by atoms with Crippen molar-refractivity contribution in [3.63, 3.8) is 0 Å². The Bertz CT molecular complexity index is 1040. The van der Waals surface area contributed by atoms with Crippen LogP contribution in [0.2, 0.25) is 0 Å². The number of carbonyl (C=O) groups excluding carboxylic acids is 2. The topological polar surface area (TPSA) is 77.5 Å². The number of hydrogen-bond acceptors (Lipinski definition) is 6. The number of carbonyl (C=O) groups is 2. The summed E-state index contributed by atoms with van der Waals surface area (Å²) in [6.45, 7) is 7.61. The molecule has 162 valence electrons. The van der Waals surface area contributed by atoms with Gasteiger partial charge in [0, 0.05) is 12.1 Å². The Hall–Kier alpha value is -3.19. The van der Waals surface area contributed by atoms with Crippen LogP contribution in [-0.4, -0.2) is 29.1 Å². The monoisotopic (exact) mass is 438 g/mol. The summed E-state index contributed by atoms with van der Waals surface area (Å²) < 4.78 is 10.8. The molecule has 0 bridgehead atoms. The van der Waals surface area contributed by atoms with Crippen LogP contribution in [0, 0.1) is 6.92 Å². The molecular formula is C24H26N2O4S. The average Bonchev–Trinajstić information content (AvgIpc) is 3.15. The first-order chi connectivity index (χ1) is 14.8. The van der Waals surface area contributed by atoms with Gasteiger partial charge in [-0.25, -0.2) is 9.78 Å². The summed E-state index contributed by atoms with van der Waals surface area (Å²) in [6, 6.07) is 17.1. The average molecular weight is 439 g/mol. The standard InChI is InChI=1S/C24H26N2O4S/c1-5-29-23(28)24(3,4)30-19-13-11-17(12-14-19)15-25-21(27)20-16(2)26-22(31-20)18-9-7-6-8-10-18/h6-14H,5,15H2,1-4H3,(H,25,27). The molecule has 0 aliphatic carbocycles. The van der Waals surface area contributed by atoms with Crippen LogP contribution in [0.15, 0.2) is 54.6 Å². The molecular weight excluding hydrogens is 412 g/mol. The van der Waals surface area contributed by atoms with Gasteiger partial charge in [0.05, 0.1) is 12.3 Å². The van der Waals surface area contributed by atoms with Crippen molar-refractivity contribution in [1.29, 1.82) is 0 Å². The van der Waals surface area contributed by atoms with Crippen LogP contribution in [0.1, 0.15) is 41.7 Å². The van der Waals surface area contributed by atoms with Crippen LogP contribution < -0.4 is 10.1 Å². The van der Waals surface area contributed by atoms with Crippen LogP contribution >= 0.6 is 11.3 Å². The molecule has 1 N–H and O–H groups in total. The molecule has 0 unspecified atom stereocenters. The predicted octanol–water partition coefficient (Wildman–Crippen LogP) is 4.77. The number of amides is 1. The minimum Gasteiger partial charge on any atom is -0.476 e. The van der Waals surface area contributed by atoms with Crippen molar-refractivity contribution in [3.8, 4) is 16.3 Å². The third-order valence-electron chi connectivity index (χ3n) is 4.54. The number of rotatable bonds is 8. The number of thiazole rings is 1. The number of aryl methyl sites for hydroxylation is 1. The molecule has 1 heterocycles. The highest BCUT2D eigenvalue weighted by atomic mass is 32.1. The highest BCUT2D eigenvalue weighted by molar-refractivity contribution is 7.17. The van der Waals surface area contributed by atoms with Gasteiger partial charge >= 0.3 is 5.97 Å². The zero-order valence-electron chi connectivity index (χ0n) is 18.1. The van der Waals surface area contributed by atoms with Crippen LogP contribution in [0.5, 0.6) is 5.75 Å². The first-order valence-corrected chi connectivity index (χ1v) is 10.9. The Kier molecular flexibility index (Phi) is 7.07. The van der Waals surface area contributed by atoms with Crippen molar-refractivity contribution in [1.82, 2.24) is 10.3 Å². The van der Waals surface area contributed by atoms with E-state index in [1.165, 1.54) is 11.3 Å². The van der Waals surface area contributed by atoms with Crippen molar-refractivity contribution in [2.75, 3.05) is 6.61 Å². The van der Waals surface area contributed by atoms with Gasteiger partial charge in [0.2, 0.25) is 0 Å². The highest BCUT2D eigenvalue weighted by Gasteiger charge is 2.31. The summed E-state index contributed by atoms with van der Waals surface area (Å²) in [4.78, 5) is 29.8. The Labute approximate surface area is 186 Å². The fourth-order valence-electron chi connectivity index (χ4n) is 2.89. The molecule has 1 aromatic heterocycles. The van der Waals surface area contributed by atoms with Crippen LogP contribution in [-0.2, 0) is 16.1 Å². The van der Waals surface area contributed by atoms with Gasteiger partial charge in [-0.05, 0) is 45.4 Å². The Morgan fingerprint density at radius 2 is 1.74 bits per heavy atom. The Morgan fingerprint density at radius 3 is 2.39 bits per heavy atom. The normalized spacial score (nSPS) is 11.1. The molecule has 0 atom stereocenters. The number of esters is 1. The van der Waals surface area contributed by atoms with Crippen molar-refractivity contribution >= 4 is 23.2 Å². The molecule has 0 saturated carbocycles. The zero-order chi connectivity index (χ0) is 22.4. The van der Waals surface area contributed by atoms with E-state index in [1.54, 1.807) is 32.9 Å². The maximum atomic E-state index is 12.7. The summed E-state index contributed by atoms with van der Waals surface area (Å²) in [6.07, 6.45) is 0. The smallest absolute Gasteiger partial charge is 0.349 e. The highest BCUT2D eigenvalue weighted by Crippen LogP contribution is 2.27. The van der Waals surface area contributed by atoms with Crippen molar-refractivity contribution in [3.05, 3.63) is 70.7 Å². The van der Waals surface area contributed by atoms with E-state index in [-0.39, 0.29) is 5.91 Å². The van der Waals surface area contributed by atoms with Crippen molar-refractivity contribution < 1.29 is 19.1 Å². The minimum atomic E-state index is -1.08. The zero-order valence-corrected chi connectivity index (χ0v) is 18.9. The fraction of sp³-hybridized carbons (Fsp3) is 0.292. The molecule has 0 aliphatic heterocycles. The third-order valence-corrected chi connectivity index (χ3v) is 5.75. The lowest BCUT2D eigenvalue weighted by atomic mass is 10.1. The first-order valence-electron chi connectivity index (χ1n) is 10.1. The number of benzene rings is 2. The largest absolute Gasteiger partial charge is 0.476 e. The van der Waals surface area contributed by atoms with Gasteiger partial charge in [0.25, 0.3) is 5.91 Å². The Balaban J connectivity index is 1.60. The second kappa shape index (κ2) is 9.75. The molecule has 6 nitrogen and oxygen atoms in total. The molecule has 7 heteroatoms. The number of hydrogen-bond donors (Lipinski definition) is 1. The van der Waals surface area contributed by atoms with E-state index >= 15 is 0 Å². The molecule has 3 rings (SSSR count). The lowest BCUT2D eigenvalue weighted by Crippen LogP contribution is -2.39. The predicted molar refractivity (Wildman–Crippen MR) is 121 cm³/mol. The number of nitrogens with one attached hydrogen (secondary N) is 1. The second-order valence-electron chi connectivity index (χ2n) is 7.46. The van der Waals surface area contributed by atoms with Gasteiger partial charge in [0.1, 0.15) is 15.6 Å². The van der Waals surface area contributed by atoms with E-state index in [1.807, 2.05) is 49.4 Å². The van der Waals surface area contributed by atoms with Crippen LogP contribution in [0.25, 0.3) is 10.6 Å². The number of aromatic nitrogens is 1. The Morgan fingerprint density at radius 1 is 1.06 bits per heavy atom. The van der Waals surface area contributed by atoms with E-state index in [0.29, 0.717) is 29.5 Å². The van der Waals surface area contributed by atoms with E-state index < -0.39 is 11.6 Å². The molecule has 0 aliphatic rings. The number of nitrogens with zero attached hydrogens (tertiary/aromatic N) is 1. The summed E-state index contributed by atoms with van der Waals surface area (Å²) >= 11 is 1.38. The van der Waals surface area contributed by atoms with Gasteiger partial charge in [-0.15, -0.1) is 11.3 Å². The summed E-state index contributed by atoms with van der Waals surface area (Å²) in [5.41, 5.74) is 1.55. The van der Waals surface area contributed by atoms with E-state index in [4.69, 9.17) is 9.47 Å². The van der Waals surface area contributed by atoms with Crippen LogP contribution in [0.4, 0.5) is 0 Å². The molecule has 0 spiro atoms. The lowest BCUT2D eigenvalue weighted by Gasteiger charge is -2.24. The van der Waals surface area contributed by atoms with Gasteiger partial charge < -0.3 is 14.8 Å². The van der Waals surface area contributed by atoms with E-state index in [2.05, 4.69) is 10.3 Å². The van der Waals surface area contributed by atoms with Gasteiger partial charge in [-0.3, -0.25) is 4.79 Å². The molecule has 2 aromatic carbocycles. The van der Waals surface area contributed by atoms with E-state index in [9.17, 15) is 9.59 Å². The van der Waals surface area contributed by atoms with Crippen LogP contribution in [0.3, 0.4) is 0 Å². The minimum absolute atomic E-state index is 0.152. The van der Waals surface area contributed by atoms with Gasteiger partial charge in [-0.2, -0.15) is 0 Å². The van der Waals surface area contributed by atoms with Crippen molar-refractivity contribution in [2.45, 2.75) is 39.8 Å². The molecule has 1 amide bonds. The summed E-state index contributed by atoms with van der Waals surface area (Å²) in [5.74, 6) is -0.0129. The molecule has 3 aromatic rings. The second-order valence-corrected chi connectivity index (χ2v) is 8.46. The first kappa shape index (κ1) is 22.5. The SMILES string of the molecule is CCOC(=O)C(C)(C)Oc1ccc(CNC(=O)c2sc(-c3ccccc3)nc2C)cc1. The maximum Gasteiger partial charge on any atom is 0.349 e.